The predicted octanol–water partition coefficient (Wildman–Crippen LogP) is 27.8. The first kappa shape index (κ1) is 68.9. The fourth-order valence-corrected chi connectivity index (χ4v) is 18.1. The molecule has 0 saturated carbocycles. The van der Waals surface area contributed by atoms with E-state index in [0.29, 0.717) is 26.4 Å². The van der Waals surface area contributed by atoms with Gasteiger partial charge in [0.15, 0.2) is 0 Å². The normalized spacial score (nSPS) is 13.6. The summed E-state index contributed by atoms with van der Waals surface area (Å²) in [6.07, 6.45) is 29.1. The summed E-state index contributed by atoms with van der Waals surface area (Å²) in [5.41, 5.74) is 17.8. The third kappa shape index (κ3) is 12.7. The van der Waals surface area contributed by atoms with Crippen molar-refractivity contribution in [1.29, 1.82) is 0 Å². The summed E-state index contributed by atoms with van der Waals surface area (Å²) in [5, 5.41) is 7.48. The topological polar surface area (TPSA) is 55.4 Å². The van der Waals surface area contributed by atoms with E-state index in [9.17, 15) is 0 Å². The molecule has 2 aliphatic carbocycles. The lowest BCUT2D eigenvalue weighted by atomic mass is 9.65. The van der Waals surface area contributed by atoms with Crippen LogP contribution in [0.1, 0.15) is 226 Å². The second kappa shape index (κ2) is 31.0. The Morgan fingerprint density at radius 2 is 0.529 bits per heavy atom. The molecule has 4 aliphatic rings. The lowest BCUT2D eigenvalue weighted by Gasteiger charge is -2.39. The highest BCUT2D eigenvalue weighted by Crippen LogP contribution is 2.66. The standard InChI is InChI=1S/C98H102O6/c1-5-9-13-17-21-29-57-99-71-43-53-85-91(63-71)103-92-64-72(100-58-30-22-18-14-10-6-2)44-54-86(92)97(85)83-35-27-25-33-77(83)79-49-41-69(61-89(79)97)75-47-37-67-40-52-82-76(48-38-68-39-51-81(75)95(67)96(68)82)70-42-50-80-78-34-26-28-36-84(78)98(90(80)62-70)87-55-45-73(101-59-31-23-19-15-11-7-3)65-93(87)104-94-66-74(46-56-88(94)98)102-60-32-24-20-16-12-8-4/h25-28,33-56,61-66H,5-24,29-32,57-60H2,1-4H3. The van der Waals surface area contributed by atoms with Crippen molar-refractivity contribution in [3.05, 3.63) is 251 Å². The van der Waals surface area contributed by atoms with Crippen LogP contribution in [-0.2, 0) is 10.8 Å². The molecule has 104 heavy (non-hydrogen) atoms. The highest BCUT2D eigenvalue weighted by molar-refractivity contribution is 6.27. The second-order valence-corrected chi connectivity index (χ2v) is 30.1. The minimum Gasteiger partial charge on any atom is -0.493 e. The van der Waals surface area contributed by atoms with Gasteiger partial charge in [0.25, 0.3) is 0 Å². The zero-order valence-electron chi connectivity index (χ0n) is 61.9. The Labute approximate surface area is 617 Å². The summed E-state index contributed by atoms with van der Waals surface area (Å²) in [7, 11) is 0. The summed E-state index contributed by atoms with van der Waals surface area (Å²) in [4.78, 5) is 0. The quantitative estimate of drug-likeness (QED) is 0.0296. The van der Waals surface area contributed by atoms with Crippen LogP contribution in [0.15, 0.2) is 206 Å². The molecule has 12 aromatic carbocycles. The summed E-state index contributed by atoms with van der Waals surface area (Å²) in [6.45, 7) is 11.8. The van der Waals surface area contributed by atoms with Crippen LogP contribution in [0.2, 0.25) is 0 Å². The van der Waals surface area contributed by atoms with Crippen molar-refractivity contribution in [2.24, 2.45) is 0 Å². The van der Waals surface area contributed by atoms with Gasteiger partial charge in [0, 0.05) is 46.5 Å². The van der Waals surface area contributed by atoms with Gasteiger partial charge in [-0.2, -0.15) is 0 Å². The summed E-state index contributed by atoms with van der Waals surface area (Å²) in [6, 6.07) is 78.0. The molecule has 6 nitrogen and oxygen atoms in total. The Kier molecular flexibility index (Phi) is 20.6. The van der Waals surface area contributed by atoms with Crippen LogP contribution in [0.25, 0.3) is 76.8 Å². The molecule has 16 rings (SSSR count). The van der Waals surface area contributed by atoms with Gasteiger partial charge in [-0.3, -0.25) is 0 Å². The third-order valence-electron chi connectivity index (χ3n) is 23.3. The van der Waals surface area contributed by atoms with Crippen LogP contribution >= 0.6 is 0 Å². The lowest BCUT2D eigenvalue weighted by molar-refractivity contribution is 0.299. The molecule has 12 aromatic rings. The Balaban J connectivity index is 0.786. The molecule has 2 spiro atoms. The molecule has 6 heteroatoms. The fourth-order valence-electron chi connectivity index (χ4n) is 18.1. The molecule has 0 bridgehead atoms. The van der Waals surface area contributed by atoms with Crippen LogP contribution in [0.4, 0.5) is 0 Å². The van der Waals surface area contributed by atoms with Gasteiger partial charge in [-0.1, -0.05) is 302 Å². The maximum Gasteiger partial charge on any atom is 0.135 e. The summed E-state index contributed by atoms with van der Waals surface area (Å²) in [5.74, 6) is 6.61. The number of hydrogen-bond acceptors (Lipinski definition) is 6. The van der Waals surface area contributed by atoms with Gasteiger partial charge in [0.05, 0.1) is 37.3 Å². The van der Waals surface area contributed by atoms with E-state index >= 15 is 0 Å². The number of fused-ring (bicyclic) bond motifs is 18. The number of unbranched alkanes of at least 4 members (excludes halogenated alkanes) is 20. The maximum absolute atomic E-state index is 7.17. The fraction of sp³-hybridized carbons (Fsp3) is 0.347. The van der Waals surface area contributed by atoms with Gasteiger partial charge >= 0.3 is 0 Å². The van der Waals surface area contributed by atoms with Crippen LogP contribution in [-0.4, -0.2) is 26.4 Å². The molecule has 0 radical (unpaired) electrons. The first-order valence-corrected chi connectivity index (χ1v) is 40.1. The maximum atomic E-state index is 7.17. The van der Waals surface area contributed by atoms with E-state index in [1.54, 1.807) is 0 Å². The third-order valence-corrected chi connectivity index (χ3v) is 23.3. The van der Waals surface area contributed by atoms with Crippen molar-refractivity contribution >= 4 is 32.3 Å². The molecule has 2 aliphatic heterocycles. The molecule has 530 valence electrons. The van der Waals surface area contributed by atoms with Gasteiger partial charge in [-0.05, 0) is 161 Å². The Morgan fingerprint density at radius 3 is 0.865 bits per heavy atom. The number of hydrogen-bond donors (Lipinski definition) is 0. The Bertz CT molecular complexity index is 4590. The Hall–Kier alpha value is -9.52. The van der Waals surface area contributed by atoms with E-state index in [2.05, 4.69) is 234 Å². The SMILES string of the molecule is CCCCCCCCOc1ccc2c(c1)Oc1cc(OCCCCCCCC)ccc1C21c2ccccc2-c2ccc(-c3ccc4ccc5c(-c6ccc7c(c6)C6(c8ccc(OCCCCCCCC)cc8Oc8cc(OCCCCCCCC)ccc86)c6ccccc6-7)ccc6ccc3c4c65)cc21. The molecule has 0 amide bonds. The minimum absolute atomic E-state index is 0.678. The van der Waals surface area contributed by atoms with Crippen LogP contribution in [0.3, 0.4) is 0 Å². The van der Waals surface area contributed by atoms with E-state index in [-0.39, 0.29) is 0 Å². The van der Waals surface area contributed by atoms with Gasteiger partial charge < -0.3 is 28.4 Å². The zero-order chi connectivity index (χ0) is 70.4. The van der Waals surface area contributed by atoms with Gasteiger partial charge in [-0.15, -0.1) is 0 Å². The molecule has 2 heterocycles. The molecular weight excluding hydrogens is 1270 g/mol. The predicted molar refractivity (Wildman–Crippen MR) is 431 cm³/mol. The first-order valence-electron chi connectivity index (χ1n) is 40.1. The van der Waals surface area contributed by atoms with Crippen molar-refractivity contribution in [1.82, 2.24) is 0 Å². The van der Waals surface area contributed by atoms with Crippen molar-refractivity contribution in [3.63, 3.8) is 0 Å². The van der Waals surface area contributed by atoms with E-state index < -0.39 is 10.8 Å². The minimum atomic E-state index is -0.696. The van der Waals surface area contributed by atoms with Gasteiger partial charge in [-0.25, -0.2) is 0 Å². The number of benzene rings is 12. The van der Waals surface area contributed by atoms with E-state index in [1.807, 2.05) is 0 Å². The Morgan fingerprint density at radius 1 is 0.240 bits per heavy atom. The number of ether oxygens (including phenoxy) is 6. The van der Waals surface area contributed by atoms with Crippen LogP contribution in [0.5, 0.6) is 46.0 Å². The van der Waals surface area contributed by atoms with Crippen LogP contribution in [0, 0.1) is 0 Å². The summed E-state index contributed by atoms with van der Waals surface area (Å²) >= 11 is 0. The molecule has 0 fully saturated rings. The second-order valence-electron chi connectivity index (χ2n) is 30.1. The average molecular weight is 1380 g/mol. The zero-order valence-corrected chi connectivity index (χ0v) is 61.9. The van der Waals surface area contributed by atoms with E-state index in [0.717, 1.165) is 93.9 Å². The van der Waals surface area contributed by atoms with Crippen molar-refractivity contribution in [2.45, 2.75) is 193 Å². The molecule has 0 saturated heterocycles. The molecule has 0 atom stereocenters. The monoisotopic (exact) mass is 1370 g/mol. The van der Waals surface area contributed by atoms with Crippen molar-refractivity contribution in [2.75, 3.05) is 26.4 Å². The number of rotatable bonds is 34. The highest BCUT2D eigenvalue weighted by Gasteiger charge is 2.53. The van der Waals surface area contributed by atoms with Gasteiger partial charge in [0.2, 0.25) is 0 Å². The van der Waals surface area contributed by atoms with Crippen molar-refractivity contribution in [3.8, 4) is 90.5 Å². The van der Waals surface area contributed by atoms with Crippen LogP contribution < -0.4 is 28.4 Å². The highest BCUT2D eigenvalue weighted by atomic mass is 16.5. The molecular formula is C98H102O6. The lowest BCUT2D eigenvalue weighted by Crippen LogP contribution is -2.32. The average Bonchev–Trinajstić information content (AvgIpc) is 1.70. The first-order chi connectivity index (χ1) is 51.4. The largest absolute Gasteiger partial charge is 0.493 e. The summed E-state index contributed by atoms with van der Waals surface area (Å²) < 4.78 is 40.7. The smallest absolute Gasteiger partial charge is 0.135 e. The van der Waals surface area contributed by atoms with Crippen molar-refractivity contribution < 1.29 is 28.4 Å². The van der Waals surface area contributed by atoms with E-state index in [4.69, 9.17) is 28.4 Å². The van der Waals surface area contributed by atoms with Gasteiger partial charge in [0.1, 0.15) is 46.0 Å². The van der Waals surface area contributed by atoms with E-state index in [1.165, 1.54) is 227 Å². The molecule has 0 unspecified atom stereocenters. The molecule has 0 N–H and O–H groups in total. The molecule has 0 aromatic heterocycles.